The van der Waals surface area contributed by atoms with Crippen LogP contribution in [0, 0.1) is 0 Å². The van der Waals surface area contributed by atoms with Crippen molar-refractivity contribution in [2.45, 2.75) is 32.2 Å². The quantitative estimate of drug-likeness (QED) is 0.443. The molecule has 10 heteroatoms. The molecule has 1 atom stereocenters. The number of nitrogens with one attached hydrogen (secondary N) is 1. The summed E-state index contributed by atoms with van der Waals surface area (Å²) in [6.07, 6.45) is -1.28. The Bertz CT molecular complexity index is 458. The van der Waals surface area contributed by atoms with Gasteiger partial charge in [0.2, 0.25) is 10.0 Å². The van der Waals surface area contributed by atoms with E-state index in [1.807, 2.05) is 4.72 Å². The highest BCUT2D eigenvalue weighted by molar-refractivity contribution is 7.89. The number of carbonyl (C=O) groups excluding carboxylic acids is 1. The zero-order chi connectivity index (χ0) is 15.8. The Labute approximate surface area is 116 Å². The van der Waals surface area contributed by atoms with Crippen molar-refractivity contribution < 1.29 is 37.8 Å². The summed E-state index contributed by atoms with van der Waals surface area (Å²) in [7, 11) is -4.01. The van der Waals surface area contributed by atoms with Crippen molar-refractivity contribution >= 4 is 27.9 Å². The van der Waals surface area contributed by atoms with Gasteiger partial charge in [-0.1, -0.05) is 0 Å². The van der Waals surface area contributed by atoms with E-state index in [1.165, 1.54) is 0 Å². The SMILES string of the molecule is CCOC(=O)CCS(=O)(=O)NC(CCC(=O)O)C(=O)O. The van der Waals surface area contributed by atoms with Crippen LogP contribution in [0.25, 0.3) is 0 Å². The average Bonchev–Trinajstić information content (AvgIpc) is 2.32. The predicted octanol–water partition coefficient (Wildman–Crippen LogP) is -0.823. The van der Waals surface area contributed by atoms with Crippen LogP contribution in [0.15, 0.2) is 0 Å². The zero-order valence-corrected chi connectivity index (χ0v) is 11.7. The summed E-state index contributed by atoms with van der Waals surface area (Å²) < 4.78 is 29.5. The van der Waals surface area contributed by atoms with Gasteiger partial charge in [0.05, 0.1) is 18.8 Å². The molecule has 9 nitrogen and oxygen atoms in total. The van der Waals surface area contributed by atoms with Gasteiger partial charge in [0.25, 0.3) is 0 Å². The molecule has 0 rings (SSSR count). The Balaban J connectivity index is 4.48. The minimum Gasteiger partial charge on any atom is -0.481 e. The van der Waals surface area contributed by atoms with Gasteiger partial charge in [-0.15, -0.1) is 0 Å². The molecule has 1 unspecified atom stereocenters. The van der Waals surface area contributed by atoms with E-state index in [0.29, 0.717) is 0 Å². The van der Waals surface area contributed by atoms with E-state index < -0.39 is 52.6 Å². The number of aliphatic carboxylic acids is 2. The third-order valence-electron chi connectivity index (χ3n) is 2.15. The van der Waals surface area contributed by atoms with Crippen LogP contribution in [0.2, 0.25) is 0 Å². The molecule has 0 aliphatic carbocycles. The number of carboxylic acid groups (broad SMARTS) is 2. The van der Waals surface area contributed by atoms with Crippen molar-refractivity contribution in [2.24, 2.45) is 0 Å². The number of carboxylic acids is 2. The topological polar surface area (TPSA) is 147 Å². The van der Waals surface area contributed by atoms with Crippen molar-refractivity contribution in [1.29, 1.82) is 0 Å². The minimum absolute atomic E-state index is 0.114. The van der Waals surface area contributed by atoms with Crippen LogP contribution in [0.1, 0.15) is 26.2 Å². The Morgan fingerprint density at radius 3 is 2.25 bits per heavy atom. The first-order valence-corrected chi connectivity index (χ1v) is 7.43. The standard InChI is InChI=1S/C10H17NO8S/c1-2-19-9(14)5-6-20(17,18)11-7(10(15)16)3-4-8(12)13/h7,11H,2-6H2,1H3,(H,12,13)(H,15,16). The van der Waals surface area contributed by atoms with E-state index in [1.54, 1.807) is 6.92 Å². The molecule has 0 aliphatic heterocycles. The van der Waals surface area contributed by atoms with Gasteiger partial charge in [-0.25, -0.2) is 13.1 Å². The van der Waals surface area contributed by atoms with Crippen molar-refractivity contribution in [2.75, 3.05) is 12.4 Å². The number of hydrogen-bond acceptors (Lipinski definition) is 6. The predicted molar refractivity (Wildman–Crippen MR) is 66.5 cm³/mol. The van der Waals surface area contributed by atoms with E-state index in [0.717, 1.165) is 0 Å². The number of esters is 1. The zero-order valence-electron chi connectivity index (χ0n) is 10.9. The Hall–Kier alpha value is -1.68. The summed E-state index contributed by atoms with van der Waals surface area (Å²) in [6, 6.07) is -1.54. The molecule has 20 heavy (non-hydrogen) atoms. The second-order valence-electron chi connectivity index (χ2n) is 3.81. The van der Waals surface area contributed by atoms with Gasteiger partial charge in [0.1, 0.15) is 6.04 Å². The fourth-order valence-electron chi connectivity index (χ4n) is 1.23. The van der Waals surface area contributed by atoms with Gasteiger partial charge < -0.3 is 14.9 Å². The first-order valence-electron chi connectivity index (χ1n) is 5.78. The lowest BCUT2D eigenvalue weighted by Gasteiger charge is -2.13. The van der Waals surface area contributed by atoms with Gasteiger partial charge in [0, 0.05) is 6.42 Å². The Morgan fingerprint density at radius 1 is 1.20 bits per heavy atom. The molecule has 0 spiro atoms. The molecule has 0 saturated carbocycles. The van der Waals surface area contributed by atoms with Crippen LogP contribution >= 0.6 is 0 Å². The summed E-state index contributed by atoms with van der Waals surface area (Å²) in [4.78, 5) is 32.2. The molecule has 0 aromatic rings. The summed E-state index contributed by atoms with van der Waals surface area (Å²) in [5.41, 5.74) is 0. The Morgan fingerprint density at radius 2 is 1.80 bits per heavy atom. The van der Waals surface area contributed by atoms with Crippen LogP contribution in [0.3, 0.4) is 0 Å². The molecule has 0 radical (unpaired) electrons. The van der Waals surface area contributed by atoms with Gasteiger partial charge in [-0.3, -0.25) is 14.4 Å². The fraction of sp³-hybridized carbons (Fsp3) is 0.700. The maximum atomic E-state index is 11.6. The summed E-state index contributed by atoms with van der Waals surface area (Å²) in [6.45, 7) is 1.68. The lowest BCUT2D eigenvalue weighted by atomic mass is 10.2. The number of ether oxygens (including phenoxy) is 1. The summed E-state index contributed by atoms with van der Waals surface area (Å²) in [5, 5.41) is 17.2. The summed E-state index contributed by atoms with van der Waals surface area (Å²) >= 11 is 0. The van der Waals surface area contributed by atoms with E-state index in [4.69, 9.17) is 10.2 Å². The fourth-order valence-corrected chi connectivity index (χ4v) is 2.43. The van der Waals surface area contributed by atoms with Crippen LogP contribution in [-0.4, -0.2) is 54.9 Å². The minimum atomic E-state index is -4.01. The number of sulfonamides is 1. The van der Waals surface area contributed by atoms with Crippen LogP contribution in [-0.2, 0) is 29.1 Å². The Kier molecular flexibility index (Phi) is 7.77. The van der Waals surface area contributed by atoms with Crippen molar-refractivity contribution in [3.8, 4) is 0 Å². The third-order valence-corrected chi connectivity index (χ3v) is 3.53. The largest absolute Gasteiger partial charge is 0.481 e. The first kappa shape index (κ1) is 18.3. The molecule has 0 heterocycles. The molecule has 0 bridgehead atoms. The van der Waals surface area contributed by atoms with Crippen molar-refractivity contribution in [3.05, 3.63) is 0 Å². The monoisotopic (exact) mass is 311 g/mol. The smallest absolute Gasteiger partial charge is 0.321 e. The highest BCUT2D eigenvalue weighted by atomic mass is 32.2. The second kappa shape index (κ2) is 8.48. The molecule has 0 aliphatic rings. The summed E-state index contributed by atoms with van der Waals surface area (Å²) in [5.74, 6) is -4.05. The number of carbonyl (C=O) groups is 3. The van der Waals surface area contributed by atoms with Crippen molar-refractivity contribution in [3.63, 3.8) is 0 Å². The van der Waals surface area contributed by atoms with Crippen LogP contribution in [0.4, 0.5) is 0 Å². The van der Waals surface area contributed by atoms with Gasteiger partial charge in [-0.2, -0.15) is 0 Å². The molecule has 0 saturated heterocycles. The van der Waals surface area contributed by atoms with Gasteiger partial charge >= 0.3 is 17.9 Å². The van der Waals surface area contributed by atoms with Crippen molar-refractivity contribution in [1.82, 2.24) is 4.72 Å². The molecular formula is C10H17NO8S. The number of rotatable bonds is 10. The molecule has 0 aromatic carbocycles. The molecular weight excluding hydrogens is 294 g/mol. The van der Waals surface area contributed by atoms with E-state index in [9.17, 15) is 22.8 Å². The maximum absolute atomic E-state index is 11.6. The van der Waals surface area contributed by atoms with E-state index >= 15 is 0 Å². The maximum Gasteiger partial charge on any atom is 0.321 e. The molecule has 0 fully saturated rings. The molecule has 0 amide bonds. The molecule has 0 aromatic heterocycles. The average molecular weight is 311 g/mol. The lowest BCUT2D eigenvalue weighted by Crippen LogP contribution is -2.42. The van der Waals surface area contributed by atoms with Crippen LogP contribution < -0.4 is 4.72 Å². The lowest BCUT2D eigenvalue weighted by molar-refractivity contribution is -0.143. The van der Waals surface area contributed by atoms with Crippen LogP contribution in [0.5, 0.6) is 0 Å². The number of hydrogen-bond donors (Lipinski definition) is 3. The third kappa shape index (κ3) is 8.43. The molecule has 3 N–H and O–H groups in total. The highest BCUT2D eigenvalue weighted by Crippen LogP contribution is 2.02. The molecule has 116 valence electrons. The normalized spacial score (nSPS) is 12.7. The van der Waals surface area contributed by atoms with Gasteiger partial charge in [0.15, 0.2) is 0 Å². The van der Waals surface area contributed by atoms with Gasteiger partial charge in [-0.05, 0) is 13.3 Å². The van der Waals surface area contributed by atoms with E-state index in [2.05, 4.69) is 4.74 Å². The highest BCUT2D eigenvalue weighted by Gasteiger charge is 2.25. The first-order chi connectivity index (χ1) is 9.18. The second-order valence-corrected chi connectivity index (χ2v) is 5.69. The van der Waals surface area contributed by atoms with E-state index in [-0.39, 0.29) is 13.0 Å².